The van der Waals surface area contributed by atoms with Crippen molar-refractivity contribution in [2.24, 2.45) is 0 Å². The van der Waals surface area contributed by atoms with Crippen LogP contribution in [0.3, 0.4) is 0 Å². The minimum atomic E-state index is 0.833. The first kappa shape index (κ1) is 34.4. The number of fused-ring (bicyclic) bond motifs is 9. The van der Waals surface area contributed by atoms with Gasteiger partial charge in [0.1, 0.15) is 11.2 Å². The molecule has 12 aromatic rings. The lowest BCUT2D eigenvalue weighted by atomic mass is 10.0. The first-order valence-corrected chi connectivity index (χ1v) is 21.1. The third-order valence-corrected chi connectivity index (χ3v) is 12.9. The monoisotopic (exact) mass is 784 g/mol. The van der Waals surface area contributed by atoms with Crippen LogP contribution in [-0.4, -0.2) is 0 Å². The van der Waals surface area contributed by atoms with Crippen molar-refractivity contribution in [1.29, 1.82) is 0 Å². The van der Waals surface area contributed by atoms with Crippen molar-refractivity contribution in [2.45, 2.75) is 0 Å². The highest BCUT2D eigenvalue weighted by molar-refractivity contribution is 7.25. The van der Waals surface area contributed by atoms with Gasteiger partial charge in [-0.25, -0.2) is 0 Å². The predicted octanol–water partition coefficient (Wildman–Crippen LogP) is 16.9. The second kappa shape index (κ2) is 14.0. The predicted molar refractivity (Wildman–Crippen MR) is 256 cm³/mol. The maximum atomic E-state index is 6.96. The fourth-order valence-corrected chi connectivity index (χ4v) is 10.0. The van der Waals surface area contributed by atoms with E-state index in [1.807, 2.05) is 11.3 Å². The van der Waals surface area contributed by atoms with Gasteiger partial charge in [0.2, 0.25) is 0 Å². The maximum Gasteiger partial charge on any atom is 0.143 e. The standard InChI is InChI=1S/C56H36N2OS/c1-3-13-37(14-4-1)39-23-27-43(28-24-39)57(42-18-5-2-6-19-42)52-36-53-49(48-31-26-40-16-9-10-20-46(40)56(48)59-53)35-51(52)58(44-29-25-38-15-7-8-17-41(38)33-44)45-30-32-55-50(34-45)47-21-11-12-22-54(47)60-55/h1-36H. The molecule has 60 heavy (non-hydrogen) atoms. The average molecular weight is 785 g/mol. The molecule has 0 atom stereocenters. The normalized spacial score (nSPS) is 11.7. The molecule has 0 saturated heterocycles. The molecule has 0 aliphatic rings. The van der Waals surface area contributed by atoms with E-state index in [4.69, 9.17) is 4.42 Å². The van der Waals surface area contributed by atoms with Gasteiger partial charge in [0.15, 0.2) is 0 Å². The molecule has 0 aliphatic heterocycles. The van der Waals surface area contributed by atoms with Gasteiger partial charge in [-0.15, -0.1) is 11.3 Å². The summed E-state index contributed by atoms with van der Waals surface area (Å²) in [7, 11) is 0. The molecule has 0 saturated carbocycles. The Morgan fingerprint density at radius 3 is 1.72 bits per heavy atom. The molecule has 0 radical (unpaired) electrons. The quantitative estimate of drug-likeness (QED) is 0.160. The van der Waals surface area contributed by atoms with Crippen LogP contribution in [-0.2, 0) is 0 Å². The SMILES string of the molecule is c1ccc(-c2ccc(N(c3ccccc3)c3cc4oc5c6ccccc6ccc5c4cc3N(c3ccc4ccccc4c3)c3ccc4sc5ccccc5c4c3)cc2)cc1. The third-order valence-electron chi connectivity index (χ3n) is 11.8. The molecule has 3 nitrogen and oxygen atoms in total. The number of hydrogen-bond donors (Lipinski definition) is 0. The topological polar surface area (TPSA) is 19.6 Å². The highest BCUT2D eigenvalue weighted by atomic mass is 32.1. The Bertz CT molecular complexity index is 3550. The Morgan fingerprint density at radius 2 is 0.883 bits per heavy atom. The Labute approximate surface area is 351 Å². The Balaban J connectivity index is 1.18. The summed E-state index contributed by atoms with van der Waals surface area (Å²) < 4.78 is 9.52. The van der Waals surface area contributed by atoms with Gasteiger partial charge in [-0.1, -0.05) is 140 Å². The van der Waals surface area contributed by atoms with E-state index in [9.17, 15) is 0 Å². The number of furan rings is 1. The molecular weight excluding hydrogens is 749 g/mol. The molecule has 2 heterocycles. The number of thiophene rings is 1. The van der Waals surface area contributed by atoms with Crippen molar-refractivity contribution in [3.8, 4) is 11.1 Å². The molecule has 0 unspecified atom stereocenters. The number of para-hydroxylation sites is 1. The molecular formula is C56H36N2OS. The lowest BCUT2D eigenvalue weighted by Crippen LogP contribution is -2.17. The summed E-state index contributed by atoms with van der Waals surface area (Å²) in [4.78, 5) is 4.82. The van der Waals surface area contributed by atoms with Crippen LogP contribution in [0.5, 0.6) is 0 Å². The molecule has 0 aliphatic carbocycles. The van der Waals surface area contributed by atoms with Crippen molar-refractivity contribution in [3.63, 3.8) is 0 Å². The fraction of sp³-hybridized carbons (Fsp3) is 0. The van der Waals surface area contributed by atoms with Crippen molar-refractivity contribution >= 4 is 109 Å². The molecule has 0 N–H and O–H groups in total. The molecule has 282 valence electrons. The molecule has 0 fully saturated rings. The Kier molecular flexibility index (Phi) is 8.03. The fourth-order valence-electron chi connectivity index (χ4n) is 8.92. The van der Waals surface area contributed by atoms with Gasteiger partial charge in [-0.05, 0) is 100 Å². The summed E-state index contributed by atoms with van der Waals surface area (Å²) >= 11 is 1.84. The van der Waals surface area contributed by atoms with Gasteiger partial charge in [0.25, 0.3) is 0 Å². The van der Waals surface area contributed by atoms with E-state index in [1.54, 1.807) is 0 Å². The molecule has 2 aromatic heterocycles. The van der Waals surface area contributed by atoms with Gasteiger partial charge in [-0.2, -0.15) is 0 Å². The second-order valence-electron chi connectivity index (χ2n) is 15.3. The molecule has 12 rings (SSSR count). The van der Waals surface area contributed by atoms with Crippen LogP contribution in [0.4, 0.5) is 34.1 Å². The summed E-state index contributed by atoms with van der Waals surface area (Å²) in [5, 5.41) is 9.32. The molecule has 0 bridgehead atoms. The molecule has 10 aromatic carbocycles. The van der Waals surface area contributed by atoms with Crippen LogP contribution >= 0.6 is 11.3 Å². The van der Waals surface area contributed by atoms with Crippen LogP contribution in [0.1, 0.15) is 0 Å². The first-order valence-electron chi connectivity index (χ1n) is 20.3. The summed E-state index contributed by atoms with van der Waals surface area (Å²) in [6, 6.07) is 78.8. The van der Waals surface area contributed by atoms with Gasteiger partial charge < -0.3 is 14.2 Å². The Morgan fingerprint density at radius 1 is 0.317 bits per heavy atom. The van der Waals surface area contributed by atoms with Crippen LogP contribution in [0.25, 0.3) is 74.8 Å². The van der Waals surface area contributed by atoms with E-state index in [-0.39, 0.29) is 0 Å². The molecule has 4 heteroatoms. The number of nitrogens with zero attached hydrogens (tertiary/aromatic N) is 2. The van der Waals surface area contributed by atoms with Crippen LogP contribution in [0, 0.1) is 0 Å². The van der Waals surface area contributed by atoms with Crippen molar-refractivity contribution in [1.82, 2.24) is 0 Å². The highest BCUT2D eigenvalue weighted by Crippen LogP contribution is 2.50. The first-order chi connectivity index (χ1) is 29.7. The van der Waals surface area contributed by atoms with Gasteiger partial charge in [-0.3, -0.25) is 0 Å². The molecule has 0 amide bonds. The summed E-state index contributed by atoms with van der Waals surface area (Å²) in [5.41, 5.74) is 10.3. The lowest BCUT2D eigenvalue weighted by Gasteiger charge is -2.33. The number of rotatable bonds is 7. The smallest absolute Gasteiger partial charge is 0.143 e. The maximum absolute atomic E-state index is 6.96. The van der Waals surface area contributed by atoms with Crippen molar-refractivity contribution in [2.75, 3.05) is 9.80 Å². The minimum Gasteiger partial charge on any atom is -0.455 e. The number of benzene rings is 10. The van der Waals surface area contributed by atoms with E-state index in [0.717, 1.165) is 66.8 Å². The van der Waals surface area contributed by atoms with Gasteiger partial charge >= 0.3 is 0 Å². The summed E-state index contributed by atoms with van der Waals surface area (Å²) in [6.07, 6.45) is 0. The van der Waals surface area contributed by atoms with E-state index < -0.39 is 0 Å². The van der Waals surface area contributed by atoms with Crippen LogP contribution in [0.2, 0.25) is 0 Å². The van der Waals surface area contributed by atoms with E-state index in [2.05, 4.69) is 228 Å². The second-order valence-corrected chi connectivity index (χ2v) is 16.4. The van der Waals surface area contributed by atoms with Gasteiger partial charge in [0, 0.05) is 65.1 Å². The minimum absolute atomic E-state index is 0.833. The largest absolute Gasteiger partial charge is 0.455 e. The summed E-state index contributed by atoms with van der Waals surface area (Å²) in [6.45, 7) is 0. The van der Waals surface area contributed by atoms with Crippen molar-refractivity contribution < 1.29 is 4.42 Å². The number of hydrogen-bond acceptors (Lipinski definition) is 4. The van der Waals surface area contributed by atoms with E-state index in [0.29, 0.717) is 0 Å². The average Bonchev–Trinajstić information content (AvgIpc) is 3.88. The van der Waals surface area contributed by atoms with E-state index >= 15 is 0 Å². The zero-order chi connectivity index (χ0) is 39.6. The van der Waals surface area contributed by atoms with Crippen LogP contribution < -0.4 is 9.80 Å². The van der Waals surface area contributed by atoms with Crippen LogP contribution in [0.15, 0.2) is 223 Å². The summed E-state index contributed by atoms with van der Waals surface area (Å²) in [5.74, 6) is 0. The zero-order valence-electron chi connectivity index (χ0n) is 32.5. The van der Waals surface area contributed by atoms with E-state index in [1.165, 1.54) is 42.1 Å². The lowest BCUT2D eigenvalue weighted by molar-refractivity contribution is 0.672. The molecule has 0 spiro atoms. The van der Waals surface area contributed by atoms with Crippen molar-refractivity contribution in [3.05, 3.63) is 218 Å². The third kappa shape index (κ3) is 5.72. The number of anilines is 6. The zero-order valence-corrected chi connectivity index (χ0v) is 33.3. The van der Waals surface area contributed by atoms with Gasteiger partial charge in [0.05, 0.1) is 11.4 Å². The Hall–Kier alpha value is -7.66. The highest BCUT2D eigenvalue weighted by Gasteiger charge is 2.26.